The largest absolute Gasteiger partial charge is 0.493 e. The summed E-state index contributed by atoms with van der Waals surface area (Å²) in [5, 5.41) is 0. The van der Waals surface area contributed by atoms with Crippen molar-refractivity contribution in [3.8, 4) is 17.2 Å². The Kier molecular flexibility index (Phi) is 9.31. The standard InChI is InChI=1S/C22H32N4O7/c1-13(10-19(28)26-7-5-14(6-8-26)21(23)29)9-18(27)24-25-22(30)15-11-16(31-2)20(33-4)17(12-15)32-3/h11-14H,5-10H2,1-4H3,(H2,23,29)(H,24,27)(H,25,30). The molecule has 4 N–H and O–H groups in total. The minimum atomic E-state index is -0.566. The van der Waals surface area contributed by atoms with E-state index in [4.69, 9.17) is 19.9 Å². The van der Waals surface area contributed by atoms with Gasteiger partial charge in [0.25, 0.3) is 5.91 Å². The van der Waals surface area contributed by atoms with Crippen LogP contribution in [0.4, 0.5) is 0 Å². The number of nitrogens with zero attached hydrogens (tertiary/aromatic N) is 1. The molecule has 1 unspecified atom stereocenters. The van der Waals surface area contributed by atoms with E-state index >= 15 is 0 Å². The summed E-state index contributed by atoms with van der Waals surface area (Å²) in [7, 11) is 4.32. The Hall–Kier alpha value is -3.50. The molecule has 11 heteroatoms. The molecule has 1 aromatic carbocycles. The summed E-state index contributed by atoms with van der Waals surface area (Å²) in [4.78, 5) is 50.1. The van der Waals surface area contributed by atoms with Crippen LogP contribution in [0.5, 0.6) is 17.2 Å². The van der Waals surface area contributed by atoms with Crippen LogP contribution in [0, 0.1) is 11.8 Å². The van der Waals surface area contributed by atoms with E-state index in [1.807, 2.05) is 0 Å². The molecule has 2 rings (SSSR count). The molecule has 1 fully saturated rings. The van der Waals surface area contributed by atoms with Gasteiger partial charge in [0.1, 0.15) is 0 Å². The monoisotopic (exact) mass is 464 g/mol. The molecule has 1 saturated heterocycles. The van der Waals surface area contributed by atoms with E-state index in [0.717, 1.165) is 0 Å². The lowest BCUT2D eigenvalue weighted by Gasteiger charge is -2.31. The zero-order valence-corrected chi connectivity index (χ0v) is 19.4. The van der Waals surface area contributed by atoms with Gasteiger partial charge in [-0.05, 0) is 30.9 Å². The van der Waals surface area contributed by atoms with E-state index in [1.165, 1.54) is 33.5 Å². The summed E-state index contributed by atoms with van der Waals surface area (Å²) in [6.45, 7) is 2.75. The maximum atomic E-state index is 12.5. The summed E-state index contributed by atoms with van der Waals surface area (Å²) >= 11 is 0. The van der Waals surface area contributed by atoms with Gasteiger partial charge in [-0.15, -0.1) is 0 Å². The van der Waals surface area contributed by atoms with Crippen LogP contribution in [0.1, 0.15) is 43.0 Å². The van der Waals surface area contributed by atoms with E-state index in [2.05, 4.69) is 10.9 Å². The first-order valence-corrected chi connectivity index (χ1v) is 10.7. The number of primary amides is 1. The van der Waals surface area contributed by atoms with Gasteiger partial charge >= 0.3 is 0 Å². The third-order valence-electron chi connectivity index (χ3n) is 5.55. The van der Waals surface area contributed by atoms with Gasteiger partial charge in [0.2, 0.25) is 23.5 Å². The highest BCUT2D eigenvalue weighted by Crippen LogP contribution is 2.38. The Bertz CT molecular complexity index is 856. The third kappa shape index (κ3) is 6.99. The van der Waals surface area contributed by atoms with E-state index in [9.17, 15) is 19.2 Å². The van der Waals surface area contributed by atoms with Crippen molar-refractivity contribution in [2.24, 2.45) is 17.6 Å². The lowest BCUT2D eigenvalue weighted by atomic mass is 9.95. The van der Waals surface area contributed by atoms with Crippen molar-refractivity contribution in [2.75, 3.05) is 34.4 Å². The van der Waals surface area contributed by atoms with E-state index in [-0.39, 0.29) is 42.1 Å². The van der Waals surface area contributed by atoms with Crippen LogP contribution in [0.25, 0.3) is 0 Å². The summed E-state index contributed by atoms with van der Waals surface area (Å²) < 4.78 is 15.7. The van der Waals surface area contributed by atoms with Crippen molar-refractivity contribution in [2.45, 2.75) is 32.6 Å². The van der Waals surface area contributed by atoms with Crippen LogP contribution in [0.3, 0.4) is 0 Å². The van der Waals surface area contributed by atoms with E-state index in [0.29, 0.717) is 43.2 Å². The number of nitrogens with one attached hydrogen (secondary N) is 2. The Morgan fingerprint density at radius 3 is 2.06 bits per heavy atom. The second kappa shape index (κ2) is 11.9. The summed E-state index contributed by atoms with van der Waals surface area (Å²) in [5.41, 5.74) is 10.2. The highest BCUT2D eigenvalue weighted by atomic mass is 16.5. The number of likely N-dealkylation sites (tertiary alicyclic amines) is 1. The molecule has 11 nitrogen and oxygen atoms in total. The average molecular weight is 465 g/mol. The zero-order valence-electron chi connectivity index (χ0n) is 19.4. The predicted octanol–water partition coefficient (Wildman–Crippen LogP) is 0.614. The van der Waals surface area contributed by atoms with Crippen molar-refractivity contribution < 1.29 is 33.4 Å². The number of carbonyl (C=O) groups excluding carboxylic acids is 4. The van der Waals surface area contributed by atoms with Crippen LogP contribution in [-0.2, 0) is 14.4 Å². The molecule has 0 saturated carbocycles. The first-order valence-electron chi connectivity index (χ1n) is 10.7. The smallest absolute Gasteiger partial charge is 0.269 e. The molecule has 182 valence electrons. The molecule has 0 radical (unpaired) electrons. The SMILES string of the molecule is COc1cc(C(=O)NNC(=O)CC(C)CC(=O)N2CCC(C(N)=O)CC2)cc(OC)c1OC. The van der Waals surface area contributed by atoms with Crippen LogP contribution >= 0.6 is 0 Å². The Morgan fingerprint density at radius 1 is 1.00 bits per heavy atom. The topological polar surface area (TPSA) is 149 Å². The van der Waals surface area contributed by atoms with Gasteiger partial charge in [-0.3, -0.25) is 30.0 Å². The number of benzene rings is 1. The summed E-state index contributed by atoms with van der Waals surface area (Å²) in [5.74, 6) is -0.859. The number of carbonyl (C=O) groups is 4. The van der Waals surface area contributed by atoms with Crippen molar-refractivity contribution in [3.05, 3.63) is 17.7 Å². The van der Waals surface area contributed by atoms with Crippen LogP contribution in [0.2, 0.25) is 0 Å². The number of rotatable bonds is 9. The number of piperidine rings is 1. The molecule has 0 aliphatic carbocycles. The van der Waals surface area contributed by atoms with Gasteiger partial charge in [0, 0.05) is 37.4 Å². The normalized spacial score (nSPS) is 14.7. The van der Waals surface area contributed by atoms with Gasteiger partial charge in [0.15, 0.2) is 11.5 Å². The number of hydrogen-bond donors (Lipinski definition) is 3. The fourth-order valence-electron chi connectivity index (χ4n) is 3.69. The van der Waals surface area contributed by atoms with Crippen molar-refractivity contribution >= 4 is 23.6 Å². The molecule has 0 spiro atoms. The highest BCUT2D eigenvalue weighted by Gasteiger charge is 2.27. The lowest BCUT2D eigenvalue weighted by Crippen LogP contribution is -2.43. The molecule has 0 bridgehead atoms. The molecule has 1 aliphatic rings. The summed E-state index contributed by atoms with van der Waals surface area (Å²) in [6.07, 6.45) is 1.36. The maximum absolute atomic E-state index is 12.5. The van der Waals surface area contributed by atoms with E-state index < -0.39 is 11.8 Å². The highest BCUT2D eigenvalue weighted by molar-refractivity contribution is 5.96. The second-order valence-electron chi connectivity index (χ2n) is 7.99. The molecule has 1 atom stereocenters. The van der Waals surface area contributed by atoms with Crippen molar-refractivity contribution in [1.82, 2.24) is 15.8 Å². The van der Waals surface area contributed by atoms with E-state index in [1.54, 1.807) is 11.8 Å². The van der Waals surface area contributed by atoms with Crippen molar-refractivity contribution in [3.63, 3.8) is 0 Å². The van der Waals surface area contributed by atoms with Gasteiger partial charge < -0.3 is 24.8 Å². The predicted molar refractivity (Wildman–Crippen MR) is 119 cm³/mol. The quantitative estimate of drug-likeness (QED) is 0.453. The van der Waals surface area contributed by atoms with Crippen molar-refractivity contribution in [1.29, 1.82) is 0 Å². The zero-order chi connectivity index (χ0) is 24.5. The molecule has 1 aliphatic heterocycles. The van der Waals surface area contributed by atoms with Crippen LogP contribution < -0.4 is 30.8 Å². The lowest BCUT2D eigenvalue weighted by molar-refractivity contribution is -0.136. The maximum Gasteiger partial charge on any atom is 0.269 e. The van der Waals surface area contributed by atoms with Gasteiger partial charge in [-0.2, -0.15) is 0 Å². The number of ether oxygens (including phenoxy) is 3. The number of hydrogen-bond acceptors (Lipinski definition) is 7. The molecular formula is C22H32N4O7. The number of amides is 4. The molecule has 33 heavy (non-hydrogen) atoms. The second-order valence-corrected chi connectivity index (χ2v) is 7.99. The number of methoxy groups -OCH3 is 3. The molecule has 1 aromatic rings. The minimum Gasteiger partial charge on any atom is -0.493 e. The van der Waals surface area contributed by atoms with Gasteiger partial charge in [0.05, 0.1) is 21.3 Å². The molecule has 0 aromatic heterocycles. The Balaban J connectivity index is 1.83. The van der Waals surface area contributed by atoms with Gasteiger partial charge in [-0.1, -0.05) is 6.92 Å². The fraction of sp³-hybridized carbons (Fsp3) is 0.545. The minimum absolute atomic E-state index is 0.0546. The molecular weight excluding hydrogens is 432 g/mol. The van der Waals surface area contributed by atoms with Crippen LogP contribution in [-0.4, -0.2) is 62.9 Å². The number of nitrogens with two attached hydrogens (primary N) is 1. The first-order chi connectivity index (χ1) is 15.7. The average Bonchev–Trinajstić information content (AvgIpc) is 2.81. The third-order valence-corrected chi connectivity index (χ3v) is 5.55. The fourth-order valence-corrected chi connectivity index (χ4v) is 3.69. The van der Waals surface area contributed by atoms with Gasteiger partial charge in [-0.25, -0.2) is 0 Å². The Labute approximate surface area is 192 Å². The molecule has 4 amide bonds. The number of hydrazine groups is 1. The Morgan fingerprint density at radius 2 is 1.58 bits per heavy atom. The molecule has 1 heterocycles. The first kappa shape index (κ1) is 25.8. The van der Waals surface area contributed by atoms with Crippen LogP contribution in [0.15, 0.2) is 12.1 Å². The summed E-state index contributed by atoms with van der Waals surface area (Å²) in [6, 6.07) is 2.93.